The number of hydrogen-bond acceptors (Lipinski definition) is 4. The fourth-order valence-corrected chi connectivity index (χ4v) is 5.02. The number of benzene rings is 2. The molecule has 0 bridgehead atoms. The number of piperazine rings is 1. The van der Waals surface area contributed by atoms with Crippen molar-refractivity contribution >= 4 is 39.1 Å². The quantitative estimate of drug-likeness (QED) is 0.713. The second-order valence-corrected chi connectivity index (χ2v) is 10.4. The maximum Gasteiger partial charge on any atom is 0.247 e. The van der Waals surface area contributed by atoms with E-state index in [4.69, 9.17) is 11.6 Å². The molecule has 1 saturated heterocycles. The van der Waals surface area contributed by atoms with Crippen molar-refractivity contribution in [3.8, 4) is 0 Å². The highest BCUT2D eigenvalue weighted by molar-refractivity contribution is 7.89. The van der Waals surface area contributed by atoms with Gasteiger partial charge < -0.3 is 5.32 Å². The Kier molecular flexibility index (Phi) is 6.73. The van der Waals surface area contributed by atoms with Gasteiger partial charge in [-0.05, 0) is 44.0 Å². The molecule has 2 amide bonds. The van der Waals surface area contributed by atoms with E-state index in [-0.39, 0.29) is 25.4 Å². The van der Waals surface area contributed by atoms with E-state index >= 15 is 0 Å². The molecule has 0 aromatic heterocycles. The summed E-state index contributed by atoms with van der Waals surface area (Å²) in [6.07, 6.45) is 0. The average Bonchev–Trinajstić information content (AvgIpc) is 2.75. The average molecular weight is 464 g/mol. The molecule has 0 aliphatic carbocycles. The van der Waals surface area contributed by atoms with Gasteiger partial charge in [-0.3, -0.25) is 14.5 Å². The summed E-state index contributed by atoms with van der Waals surface area (Å²) in [6, 6.07) is 14.5. The Hall–Kier alpha value is -2.42. The number of amides is 2. The van der Waals surface area contributed by atoms with E-state index in [9.17, 15) is 18.0 Å². The van der Waals surface area contributed by atoms with Crippen molar-refractivity contribution in [2.45, 2.75) is 32.9 Å². The molecule has 0 radical (unpaired) electrons. The summed E-state index contributed by atoms with van der Waals surface area (Å²) < 4.78 is 26.2. The van der Waals surface area contributed by atoms with Gasteiger partial charge in [0.05, 0.1) is 12.3 Å². The third-order valence-electron chi connectivity index (χ3n) is 5.56. The minimum Gasteiger partial charge on any atom is -0.350 e. The van der Waals surface area contributed by atoms with E-state index in [1.807, 2.05) is 30.3 Å². The van der Waals surface area contributed by atoms with E-state index in [1.54, 1.807) is 32.0 Å². The largest absolute Gasteiger partial charge is 0.350 e. The van der Waals surface area contributed by atoms with Crippen LogP contribution in [0.25, 0.3) is 0 Å². The highest BCUT2D eigenvalue weighted by Crippen LogP contribution is 2.35. The van der Waals surface area contributed by atoms with Gasteiger partial charge in [-0.15, -0.1) is 0 Å². The van der Waals surface area contributed by atoms with Gasteiger partial charge in [0.15, 0.2) is 0 Å². The topological polar surface area (TPSA) is 86.8 Å². The van der Waals surface area contributed by atoms with E-state index in [0.29, 0.717) is 16.3 Å². The van der Waals surface area contributed by atoms with E-state index in [0.717, 1.165) is 9.87 Å². The number of carbonyl (C=O) groups excluding carboxylic acids is 2. The Morgan fingerprint density at radius 2 is 1.84 bits per heavy atom. The summed E-state index contributed by atoms with van der Waals surface area (Å²) in [5.41, 5.74) is 0.571. The molecule has 31 heavy (non-hydrogen) atoms. The maximum atomic E-state index is 13.4. The van der Waals surface area contributed by atoms with Crippen molar-refractivity contribution in [2.75, 3.05) is 23.7 Å². The maximum absolute atomic E-state index is 13.4. The second-order valence-electron chi connectivity index (χ2n) is 7.72. The lowest BCUT2D eigenvalue weighted by Gasteiger charge is -2.47. The zero-order chi connectivity index (χ0) is 22.8. The van der Waals surface area contributed by atoms with E-state index < -0.39 is 27.4 Å². The summed E-state index contributed by atoms with van der Waals surface area (Å²) >= 11 is 6.27. The smallest absolute Gasteiger partial charge is 0.247 e. The summed E-state index contributed by atoms with van der Waals surface area (Å²) in [5.74, 6) is -1.08. The first kappa shape index (κ1) is 23.2. The molecule has 1 heterocycles. The standard InChI is InChI=1S/C22H26ClN3O4S/c1-4-31(29,30)25-14-20(27)26(19-12-8-11-18(23)16(19)2)22(3,15-25)21(28)24-13-17-9-6-5-7-10-17/h5-12H,4,13-15H2,1-3H3,(H,24,28)/t22-/m0/s1. The van der Waals surface area contributed by atoms with Crippen LogP contribution in [0.2, 0.25) is 5.02 Å². The number of sulfonamides is 1. The first-order valence-electron chi connectivity index (χ1n) is 9.98. The minimum absolute atomic E-state index is 0.151. The number of nitrogens with zero attached hydrogens (tertiary/aromatic N) is 2. The Morgan fingerprint density at radius 1 is 1.16 bits per heavy atom. The van der Waals surface area contributed by atoms with E-state index in [2.05, 4.69) is 5.32 Å². The molecule has 1 fully saturated rings. The minimum atomic E-state index is -3.67. The van der Waals surface area contributed by atoms with Crippen molar-refractivity contribution in [3.63, 3.8) is 0 Å². The predicted molar refractivity (Wildman–Crippen MR) is 121 cm³/mol. The first-order valence-corrected chi connectivity index (χ1v) is 12.0. The van der Waals surface area contributed by atoms with Gasteiger partial charge in [-0.25, -0.2) is 8.42 Å². The molecule has 2 aromatic rings. The Balaban J connectivity index is 2.02. The monoisotopic (exact) mass is 463 g/mol. The van der Waals surface area contributed by atoms with Crippen LogP contribution in [0.5, 0.6) is 0 Å². The molecule has 0 unspecified atom stereocenters. The first-order chi connectivity index (χ1) is 14.6. The van der Waals surface area contributed by atoms with Crippen LogP contribution in [0.4, 0.5) is 5.69 Å². The van der Waals surface area contributed by atoms with Crippen LogP contribution in [0.15, 0.2) is 48.5 Å². The van der Waals surface area contributed by atoms with Gasteiger partial charge >= 0.3 is 0 Å². The molecule has 7 nitrogen and oxygen atoms in total. The van der Waals surface area contributed by atoms with Gasteiger partial charge in [0.25, 0.3) is 0 Å². The molecule has 9 heteroatoms. The zero-order valence-electron chi connectivity index (χ0n) is 17.8. The van der Waals surface area contributed by atoms with Gasteiger partial charge in [0.1, 0.15) is 5.54 Å². The van der Waals surface area contributed by atoms with Crippen molar-refractivity contribution < 1.29 is 18.0 Å². The third kappa shape index (κ3) is 4.61. The number of halogens is 1. The summed E-state index contributed by atoms with van der Waals surface area (Å²) in [7, 11) is -3.67. The van der Waals surface area contributed by atoms with Crippen LogP contribution in [0.1, 0.15) is 25.0 Å². The molecular weight excluding hydrogens is 438 g/mol. The van der Waals surface area contributed by atoms with Crippen LogP contribution in [0.3, 0.4) is 0 Å². The lowest BCUT2D eigenvalue weighted by Crippen LogP contribution is -2.70. The molecule has 1 N–H and O–H groups in total. The normalized spacial score (nSPS) is 20.0. The predicted octanol–water partition coefficient (Wildman–Crippen LogP) is 2.72. The fraction of sp³-hybridized carbons (Fsp3) is 0.364. The van der Waals surface area contributed by atoms with E-state index in [1.165, 1.54) is 11.8 Å². The molecule has 166 valence electrons. The summed E-state index contributed by atoms with van der Waals surface area (Å²) in [4.78, 5) is 28.0. The van der Waals surface area contributed by atoms with Gasteiger partial charge in [0, 0.05) is 23.8 Å². The van der Waals surface area contributed by atoms with Crippen LogP contribution < -0.4 is 10.2 Å². The third-order valence-corrected chi connectivity index (χ3v) is 7.75. The van der Waals surface area contributed by atoms with Crippen molar-refractivity contribution in [1.29, 1.82) is 0 Å². The molecule has 1 aliphatic heterocycles. The Bertz CT molecular complexity index is 1090. The summed E-state index contributed by atoms with van der Waals surface area (Å²) in [6.45, 7) is 4.64. The lowest BCUT2D eigenvalue weighted by molar-refractivity contribution is -0.133. The van der Waals surface area contributed by atoms with Crippen molar-refractivity contribution in [3.05, 3.63) is 64.7 Å². The van der Waals surface area contributed by atoms with Gasteiger partial charge in [0.2, 0.25) is 21.8 Å². The van der Waals surface area contributed by atoms with Gasteiger partial charge in [-0.1, -0.05) is 48.0 Å². The molecule has 3 rings (SSSR count). The van der Waals surface area contributed by atoms with Crippen LogP contribution >= 0.6 is 11.6 Å². The Labute approximate surface area is 188 Å². The number of anilines is 1. The number of nitrogens with one attached hydrogen (secondary N) is 1. The second kappa shape index (κ2) is 8.98. The molecule has 0 saturated carbocycles. The van der Waals surface area contributed by atoms with Crippen molar-refractivity contribution in [2.24, 2.45) is 0 Å². The van der Waals surface area contributed by atoms with Crippen LogP contribution in [-0.4, -0.2) is 48.9 Å². The van der Waals surface area contributed by atoms with Gasteiger partial charge in [-0.2, -0.15) is 4.31 Å². The number of carbonyl (C=O) groups is 2. The summed E-state index contributed by atoms with van der Waals surface area (Å²) in [5, 5.41) is 3.33. The highest BCUT2D eigenvalue weighted by Gasteiger charge is 2.51. The van der Waals surface area contributed by atoms with Crippen molar-refractivity contribution in [1.82, 2.24) is 9.62 Å². The zero-order valence-corrected chi connectivity index (χ0v) is 19.3. The SMILES string of the molecule is CCS(=O)(=O)N1CC(=O)N(c2cccc(Cl)c2C)[C@](C)(C(=O)NCc2ccccc2)C1. The number of rotatable bonds is 6. The fourth-order valence-electron chi connectivity index (χ4n) is 3.73. The molecule has 1 aliphatic rings. The number of hydrogen-bond donors (Lipinski definition) is 1. The molecule has 1 atom stereocenters. The Morgan fingerprint density at radius 3 is 2.48 bits per heavy atom. The highest BCUT2D eigenvalue weighted by atomic mass is 35.5. The van der Waals surface area contributed by atoms with Crippen LogP contribution in [0, 0.1) is 6.92 Å². The van der Waals surface area contributed by atoms with Crippen LogP contribution in [-0.2, 0) is 26.2 Å². The molecule has 2 aromatic carbocycles. The molecular formula is C22H26ClN3O4S. The molecule has 0 spiro atoms. The lowest BCUT2D eigenvalue weighted by atomic mass is 9.93.